The highest BCUT2D eigenvalue weighted by Crippen LogP contribution is 2.29. The van der Waals surface area contributed by atoms with Crippen LogP contribution in [0.5, 0.6) is 11.5 Å². The molecule has 2 aromatic carbocycles. The number of para-hydroxylation sites is 1. The molecule has 0 bridgehead atoms. The molecule has 0 radical (unpaired) electrons. The summed E-state index contributed by atoms with van der Waals surface area (Å²) in [5, 5.41) is 6.28. The summed E-state index contributed by atoms with van der Waals surface area (Å²) in [5.41, 5.74) is 6.90. The van der Waals surface area contributed by atoms with Crippen LogP contribution in [0.25, 0.3) is 0 Å². The molecule has 23 heavy (non-hydrogen) atoms. The van der Waals surface area contributed by atoms with Crippen molar-refractivity contribution in [2.75, 3.05) is 24.9 Å². The first-order valence-corrected chi connectivity index (χ1v) is 7.15. The van der Waals surface area contributed by atoms with E-state index in [0.717, 1.165) is 0 Å². The van der Waals surface area contributed by atoms with Crippen LogP contribution in [0.4, 0.5) is 11.4 Å². The summed E-state index contributed by atoms with van der Waals surface area (Å²) in [5.74, 6) is 0.722. The quantitative estimate of drug-likeness (QED) is 0.730. The van der Waals surface area contributed by atoms with E-state index < -0.39 is 5.91 Å². The van der Waals surface area contributed by atoms with Gasteiger partial charge in [-0.3, -0.25) is 4.79 Å². The van der Waals surface area contributed by atoms with Crippen molar-refractivity contribution in [1.29, 1.82) is 0 Å². The molecule has 2 rings (SSSR count). The van der Waals surface area contributed by atoms with Gasteiger partial charge >= 0.3 is 0 Å². The Labute approximate surface area is 139 Å². The number of carbonyl (C=O) groups excluding carboxylic acids is 1. The van der Waals surface area contributed by atoms with E-state index in [0.29, 0.717) is 33.5 Å². The molecule has 0 aliphatic heterocycles. The summed E-state index contributed by atoms with van der Waals surface area (Å²) in [6.07, 6.45) is 0. The van der Waals surface area contributed by atoms with Gasteiger partial charge < -0.3 is 25.8 Å². The number of amides is 1. The number of ether oxygens (including phenoxy) is 2. The van der Waals surface area contributed by atoms with Crippen LogP contribution in [-0.2, 0) is 0 Å². The van der Waals surface area contributed by atoms with Crippen LogP contribution >= 0.6 is 12.2 Å². The van der Waals surface area contributed by atoms with E-state index in [1.165, 1.54) is 0 Å². The lowest BCUT2D eigenvalue weighted by Crippen LogP contribution is -2.22. The summed E-state index contributed by atoms with van der Waals surface area (Å²) in [4.78, 5) is 11.4. The first-order valence-electron chi connectivity index (χ1n) is 6.74. The highest BCUT2D eigenvalue weighted by Gasteiger charge is 2.10. The Morgan fingerprint density at radius 1 is 1.04 bits per heavy atom. The molecule has 0 spiro atoms. The third-order valence-electron chi connectivity index (χ3n) is 3.10. The van der Waals surface area contributed by atoms with Gasteiger partial charge in [-0.2, -0.15) is 0 Å². The number of thiocarbonyl (C=S) groups is 1. The Balaban J connectivity index is 2.16. The SMILES string of the molecule is COc1ccc(NC(=S)Nc2ccccc2C(N)=O)c(OC)c1. The second-order valence-electron chi connectivity index (χ2n) is 4.56. The third-order valence-corrected chi connectivity index (χ3v) is 3.30. The van der Waals surface area contributed by atoms with Crippen LogP contribution in [0.3, 0.4) is 0 Å². The molecule has 120 valence electrons. The van der Waals surface area contributed by atoms with Gasteiger partial charge in [-0.1, -0.05) is 12.1 Å². The average molecular weight is 331 g/mol. The molecule has 0 atom stereocenters. The van der Waals surface area contributed by atoms with E-state index in [9.17, 15) is 4.79 Å². The maximum atomic E-state index is 11.4. The minimum absolute atomic E-state index is 0.308. The van der Waals surface area contributed by atoms with E-state index in [2.05, 4.69) is 10.6 Å². The molecule has 0 fully saturated rings. The summed E-state index contributed by atoms with van der Waals surface area (Å²) < 4.78 is 10.4. The minimum atomic E-state index is -0.530. The lowest BCUT2D eigenvalue weighted by molar-refractivity contribution is 0.100. The number of hydrogen-bond acceptors (Lipinski definition) is 4. The van der Waals surface area contributed by atoms with Gasteiger partial charge in [0.2, 0.25) is 0 Å². The smallest absolute Gasteiger partial charge is 0.250 e. The van der Waals surface area contributed by atoms with Crippen molar-refractivity contribution in [2.24, 2.45) is 5.73 Å². The van der Waals surface area contributed by atoms with Crippen molar-refractivity contribution < 1.29 is 14.3 Å². The van der Waals surface area contributed by atoms with Crippen molar-refractivity contribution >= 4 is 34.6 Å². The first-order chi connectivity index (χ1) is 11.0. The first kappa shape index (κ1) is 16.6. The predicted octanol–water partition coefficient (Wildman–Crippen LogP) is 2.61. The summed E-state index contributed by atoms with van der Waals surface area (Å²) in [7, 11) is 3.13. The molecule has 4 N–H and O–H groups in total. The lowest BCUT2D eigenvalue weighted by atomic mass is 10.1. The Kier molecular flexibility index (Phi) is 5.37. The molecule has 0 heterocycles. The van der Waals surface area contributed by atoms with Crippen molar-refractivity contribution in [3.8, 4) is 11.5 Å². The van der Waals surface area contributed by atoms with E-state index >= 15 is 0 Å². The van der Waals surface area contributed by atoms with Crippen molar-refractivity contribution in [1.82, 2.24) is 0 Å². The van der Waals surface area contributed by atoms with Gasteiger partial charge in [0.25, 0.3) is 5.91 Å². The maximum absolute atomic E-state index is 11.4. The number of benzene rings is 2. The molecular formula is C16H17N3O3S. The normalized spacial score (nSPS) is 9.83. The summed E-state index contributed by atoms with van der Waals surface area (Å²) in [6, 6.07) is 12.2. The van der Waals surface area contributed by atoms with Crippen molar-refractivity contribution in [3.63, 3.8) is 0 Å². The highest BCUT2D eigenvalue weighted by molar-refractivity contribution is 7.80. The number of rotatable bonds is 5. The molecule has 0 unspecified atom stereocenters. The molecule has 7 heteroatoms. The second-order valence-corrected chi connectivity index (χ2v) is 4.96. The fourth-order valence-electron chi connectivity index (χ4n) is 1.98. The van der Waals surface area contributed by atoms with Gasteiger partial charge in [0.05, 0.1) is 31.2 Å². The molecule has 0 aromatic heterocycles. The zero-order chi connectivity index (χ0) is 16.8. The Morgan fingerprint density at radius 2 is 1.74 bits per heavy atom. The van der Waals surface area contributed by atoms with E-state index in [-0.39, 0.29) is 0 Å². The van der Waals surface area contributed by atoms with E-state index in [1.54, 1.807) is 56.7 Å². The summed E-state index contributed by atoms with van der Waals surface area (Å²) in [6.45, 7) is 0. The van der Waals surface area contributed by atoms with Crippen LogP contribution in [0.1, 0.15) is 10.4 Å². The largest absolute Gasteiger partial charge is 0.497 e. The highest BCUT2D eigenvalue weighted by atomic mass is 32.1. The van der Waals surface area contributed by atoms with Gasteiger partial charge in [-0.05, 0) is 36.5 Å². The Hall–Kier alpha value is -2.80. The molecule has 0 aliphatic carbocycles. The molecular weight excluding hydrogens is 314 g/mol. The number of anilines is 2. The second kappa shape index (κ2) is 7.46. The Morgan fingerprint density at radius 3 is 2.39 bits per heavy atom. The number of carbonyl (C=O) groups is 1. The summed E-state index contributed by atoms with van der Waals surface area (Å²) >= 11 is 5.27. The molecule has 6 nitrogen and oxygen atoms in total. The van der Waals surface area contributed by atoms with Gasteiger partial charge in [0.1, 0.15) is 11.5 Å². The standard InChI is InChI=1S/C16H17N3O3S/c1-21-10-7-8-13(14(9-10)22-2)19-16(23)18-12-6-4-3-5-11(12)15(17)20/h3-9H,1-2H3,(H2,17,20)(H2,18,19,23). The minimum Gasteiger partial charge on any atom is -0.497 e. The molecule has 0 aliphatic rings. The molecule has 0 saturated heterocycles. The number of primary amides is 1. The van der Waals surface area contributed by atoms with Gasteiger partial charge in [-0.25, -0.2) is 0 Å². The van der Waals surface area contributed by atoms with E-state index in [1.807, 2.05) is 0 Å². The zero-order valence-electron chi connectivity index (χ0n) is 12.8. The molecule has 0 saturated carbocycles. The van der Waals surface area contributed by atoms with E-state index in [4.69, 9.17) is 27.4 Å². The molecule has 1 amide bonds. The fourth-order valence-corrected chi connectivity index (χ4v) is 2.20. The van der Waals surface area contributed by atoms with Gasteiger partial charge in [0, 0.05) is 6.07 Å². The van der Waals surface area contributed by atoms with Crippen LogP contribution < -0.4 is 25.8 Å². The van der Waals surface area contributed by atoms with Crippen LogP contribution in [0, 0.1) is 0 Å². The zero-order valence-corrected chi connectivity index (χ0v) is 13.6. The monoisotopic (exact) mass is 331 g/mol. The van der Waals surface area contributed by atoms with Gasteiger partial charge in [-0.15, -0.1) is 0 Å². The van der Waals surface area contributed by atoms with Crippen molar-refractivity contribution in [3.05, 3.63) is 48.0 Å². The maximum Gasteiger partial charge on any atom is 0.250 e. The number of nitrogens with two attached hydrogens (primary N) is 1. The number of hydrogen-bond donors (Lipinski definition) is 3. The number of nitrogens with one attached hydrogen (secondary N) is 2. The third kappa shape index (κ3) is 4.10. The lowest BCUT2D eigenvalue weighted by Gasteiger charge is -2.15. The van der Waals surface area contributed by atoms with Gasteiger partial charge in [0.15, 0.2) is 5.11 Å². The number of methoxy groups -OCH3 is 2. The fraction of sp³-hybridized carbons (Fsp3) is 0.125. The topological polar surface area (TPSA) is 85.6 Å². The van der Waals surface area contributed by atoms with Crippen molar-refractivity contribution in [2.45, 2.75) is 0 Å². The molecule has 2 aromatic rings. The predicted molar refractivity (Wildman–Crippen MR) is 94.3 cm³/mol. The van der Waals surface area contributed by atoms with Crippen LogP contribution in [0.15, 0.2) is 42.5 Å². The average Bonchev–Trinajstić information content (AvgIpc) is 2.55. The van der Waals surface area contributed by atoms with Crippen LogP contribution in [-0.4, -0.2) is 25.2 Å². The van der Waals surface area contributed by atoms with Crippen LogP contribution in [0.2, 0.25) is 0 Å². The Bertz CT molecular complexity index is 734.